The van der Waals surface area contributed by atoms with Gasteiger partial charge >= 0.3 is 0 Å². The second-order valence-corrected chi connectivity index (χ2v) is 6.90. The third-order valence-electron chi connectivity index (χ3n) is 4.88. The molecule has 3 aromatic rings. The number of nitrogens with one attached hydrogen (secondary N) is 2. The Labute approximate surface area is 172 Å². The second kappa shape index (κ2) is 10.5. The van der Waals surface area contributed by atoms with Crippen molar-refractivity contribution in [3.8, 4) is 5.69 Å². The molecule has 0 radical (unpaired) electrons. The Kier molecular flexibility index (Phi) is 7.44. The van der Waals surface area contributed by atoms with E-state index in [1.165, 1.54) is 0 Å². The predicted molar refractivity (Wildman–Crippen MR) is 115 cm³/mol. The molecule has 0 aliphatic rings. The van der Waals surface area contributed by atoms with Crippen molar-refractivity contribution in [2.24, 2.45) is 4.99 Å². The highest BCUT2D eigenvalue weighted by Crippen LogP contribution is 2.22. The molecule has 0 spiro atoms. The molecule has 0 saturated carbocycles. The largest absolute Gasteiger partial charge is 0.359 e. The molecule has 0 saturated heterocycles. The first-order chi connectivity index (χ1) is 14.2. The van der Waals surface area contributed by atoms with E-state index in [0.717, 1.165) is 48.1 Å². The maximum atomic E-state index is 5.49. The topological polar surface area (TPSA) is 80.3 Å². The van der Waals surface area contributed by atoms with Crippen LogP contribution in [0.2, 0.25) is 0 Å². The van der Waals surface area contributed by atoms with Crippen LogP contribution >= 0.6 is 0 Å². The minimum absolute atomic E-state index is 0.458. The van der Waals surface area contributed by atoms with Gasteiger partial charge in [-0.05, 0) is 43.5 Å². The minimum atomic E-state index is 0.458. The van der Waals surface area contributed by atoms with E-state index in [9.17, 15) is 0 Å². The molecule has 7 heteroatoms. The standard InChI is InChI=1S/C22H30N6O/c1-4-18(5-2)21-14-20(29-27-21)16-25-22(23-6-3)24-15-17-8-10-19(11-9-17)28-13-7-12-26-28/h7-14,18H,4-6,15-16H2,1-3H3,(H2,23,24,25). The third kappa shape index (κ3) is 5.70. The van der Waals surface area contributed by atoms with Crippen LogP contribution in [0.3, 0.4) is 0 Å². The average molecular weight is 395 g/mol. The van der Waals surface area contributed by atoms with Gasteiger partial charge in [0.25, 0.3) is 0 Å². The normalized spacial score (nSPS) is 11.8. The number of aliphatic imine (C=N–C) groups is 1. The molecule has 154 valence electrons. The summed E-state index contributed by atoms with van der Waals surface area (Å²) in [6.45, 7) is 8.34. The molecule has 29 heavy (non-hydrogen) atoms. The molecule has 0 fully saturated rings. The second-order valence-electron chi connectivity index (χ2n) is 6.90. The van der Waals surface area contributed by atoms with E-state index in [1.807, 2.05) is 35.1 Å². The van der Waals surface area contributed by atoms with Gasteiger partial charge in [0, 0.05) is 30.9 Å². The van der Waals surface area contributed by atoms with Gasteiger partial charge in [-0.1, -0.05) is 31.1 Å². The fraction of sp³-hybridized carbons (Fsp3) is 0.409. The van der Waals surface area contributed by atoms with Crippen molar-refractivity contribution in [2.45, 2.75) is 52.6 Å². The predicted octanol–water partition coefficient (Wildman–Crippen LogP) is 4.02. The van der Waals surface area contributed by atoms with Crippen molar-refractivity contribution in [3.63, 3.8) is 0 Å². The smallest absolute Gasteiger partial charge is 0.191 e. The lowest BCUT2D eigenvalue weighted by atomic mass is 9.99. The van der Waals surface area contributed by atoms with E-state index in [2.05, 4.69) is 58.8 Å². The van der Waals surface area contributed by atoms with Gasteiger partial charge in [-0.15, -0.1) is 0 Å². The van der Waals surface area contributed by atoms with Crippen LogP contribution < -0.4 is 10.6 Å². The highest BCUT2D eigenvalue weighted by molar-refractivity contribution is 5.79. The van der Waals surface area contributed by atoms with E-state index in [0.29, 0.717) is 19.0 Å². The van der Waals surface area contributed by atoms with E-state index >= 15 is 0 Å². The first-order valence-electron chi connectivity index (χ1n) is 10.3. The van der Waals surface area contributed by atoms with Crippen LogP contribution in [0.25, 0.3) is 5.69 Å². The number of nitrogens with zero attached hydrogens (tertiary/aromatic N) is 4. The fourth-order valence-electron chi connectivity index (χ4n) is 3.17. The van der Waals surface area contributed by atoms with Crippen LogP contribution in [0.4, 0.5) is 0 Å². The summed E-state index contributed by atoms with van der Waals surface area (Å²) in [5, 5.41) is 15.1. The maximum absolute atomic E-state index is 5.49. The quantitative estimate of drug-likeness (QED) is 0.423. The molecule has 0 unspecified atom stereocenters. The van der Waals surface area contributed by atoms with Crippen molar-refractivity contribution in [1.29, 1.82) is 0 Å². The third-order valence-corrected chi connectivity index (χ3v) is 4.88. The zero-order valence-corrected chi connectivity index (χ0v) is 17.4. The molecule has 0 aliphatic carbocycles. The van der Waals surface area contributed by atoms with Gasteiger partial charge in [0.1, 0.15) is 0 Å². The van der Waals surface area contributed by atoms with Gasteiger partial charge in [-0.2, -0.15) is 5.10 Å². The Balaban J connectivity index is 1.58. The van der Waals surface area contributed by atoms with Crippen LogP contribution in [-0.4, -0.2) is 27.4 Å². The van der Waals surface area contributed by atoms with Gasteiger partial charge in [-0.25, -0.2) is 9.67 Å². The van der Waals surface area contributed by atoms with E-state index in [4.69, 9.17) is 4.52 Å². The summed E-state index contributed by atoms with van der Waals surface area (Å²) in [6.07, 6.45) is 5.84. The maximum Gasteiger partial charge on any atom is 0.191 e. The van der Waals surface area contributed by atoms with Gasteiger partial charge < -0.3 is 15.2 Å². The average Bonchev–Trinajstić information content (AvgIpc) is 3.44. The Morgan fingerprint density at radius 1 is 1.14 bits per heavy atom. The van der Waals surface area contributed by atoms with Crippen molar-refractivity contribution >= 4 is 5.96 Å². The molecule has 2 N–H and O–H groups in total. The first-order valence-corrected chi connectivity index (χ1v) is 10.3. The van der Waals surface area contributed by atoms with Crippen molar-refractivity contribution in [1.82, 2.24) is 25.6 Å². The number of hydrogen-bond donors (Lipinski definition) is 2. The summed E-state index contributed by atoms with van der Waals surface area (Å²) >= 11 is 0. The first kappa shape index (κ1) is 20.6. The summed E-state index contributed by atoms with van der Waals surface area (Å²) in [5.41, 5.74) is 3.20. The molecular formula is C22H30N6O. The Hall–Kier alpha value is -3.09. The monoisotopic (exact) mass is 394 g/mol. The molecule has 3 rings (SSSR count). The van der Waals surface area contributed by atoms with Crippen LogP contribution in [0.1, 0.15) is 56.5 Å². The number of benzene rings is 1. The zero-order chi connectivity index (χ0) is 20.5. The Bertz CT molecular complexity index is 878. The van der Waals surface area contributed by atoms with Crippen molar-refractivity contribution in [3.05, 3.63) is 65.8 Å². The molecule has 2 heterocycles. The molecule has 7 nitrogen and oxygen atoms in total. The van der Waals surface area contributed by atoms with E-state index < -0.39 is 0 Å². The van der Waals surface area contributed by atoms with Crippen molar-refractivity contribution in [2.75, 3.05) is 6.54 Å². The van der Waals surface area contributed by atoms with Gasteiger partial charge in [0.15, 0.2) is 11.7 Å². The summed E-state index contributed by atoms with van der Waals surface area (Å²) < 4.78 is 7.32. The lowest BCUT2D eigenvalue weighted by molar-refractivity contribution is 0.368. The number of rotatable bonds is 9. The highest BCUT2D eigenvalue weighted by Gasteiger charge is 2.13. The molecule has 2 aromatic heterocycles. The fourth-order valence-corrected chi connectivity index (χ4v) is 3.17. The Morgan fingerprint density at radius 3 is 2.59 bits per heavy atom. The van der Waals surface area contributed by atoms with Crippen LogP contribution in [0.15, 0.2) is 58.3 Å². The number of guanidine groups is 1. The summed E-state index contributed by atoms with van der Waals surface area (Å²) in [4.78, 5) is 4.68. The van der Waals surface area contributed by atoms with Crippen LogP contribution in [0, 0.1) is 0 Å². The van der Waals surface area contributed by atoms with Gasteiger partial charge in [0.2, 0.25) is 0 Å². The highest BCUT2D eigenvalue weighted by atomic mass is 16.5. The molecule has 1 aromatic carbocycles. The number of aromatic nitrogens is 3. The zero-order valence-electron chi connectivity index (χ0n) is 17.4. The summed E-state index contributed by atoms with van der Waals surface area (Å²) in [5.74, 6) is 2.03. The van der Waals surface area contributed by atoms with Crippen molar-refractivity contribution < 1.29 is 4.52 Å². The molecule has 0 amide bonds. The van der Waals surface area contributed by atoms with Crippen LogP contribution in [-0.2, 0) is 13.1 Å². The van der Waals surface area contributed by atoms with E-state index in [-0.39, 0.29) is 0 Å². The molecule has 0 bridgehead atoms. The number of hydrogen-bond acceptors (Lipinski definition) is 4. The van der Waals surface area contributed by atoms with Gasteiger partial charge in [-0.3, -0.25) is 0 Å². The lowest BCUT2D eigenvalue weighted by Crippen LogP contribution is -2.36. The molecule has 0 aliphatic heterocycles. The summed E-state index contributed by atoms with van der Waals surface area (Å²) in [6, 6.07) is 12.2. The van der Waals surface area contributed by atoms with E-state index in [1.54, 1.807) is 6.20 Å². The Morgan fingerprint density at radius 2 is 1.93 bits per heavy atom. The molecular weight excluding hydrogens is 364 g/mol. The van der Waals surface area contributed by atoms with Crippen LogP contribution in [0.5, 0.6) is 0 Å². The summed E-state index contributed by atoms with van der Waals surface area (Å²) in [7, 11) is 0. The SMILES string of the molecule is CCNC(=NCc1ccc(-n2cccn2)cc1)NCc1cc(C(CC)CC)no1. The lowest BCUT2D eigenvalue weighted by Gasteiger charge is -2.10. The molecule has 0 atom stereocenters. The van der Waals surface area contributed by atoms with Gasteiger partial charge in [0.05, 0.1) is 24.5 Å². The minimum Gasteiger partial charge on any atom is -0.359 e.